The summed E-state index contributed by atoms with van der Waals surface area (Å²) in [5.74, 6) is 6.44. The first-order valence-corrected chi connectivity index (χ1v) is 7.33. The van der Waals surface area contributed by atoms with E-state index in [2.05, 4.69) is 37.0 Å². The van der Waals surface area contributed by atoms with E-state index in [-0.39, 0.29) is 11.9 Å². The lowest BCUT2D eigenvalue weighted by molar-refractivity contribution is -0.151. The van der Waals surface area contributed by atoms with E-state index < -0.39 is 5.60 Å². The molecule has 1 aromatic rings. The van der Waals surface area contributed by atoms with Crippen molar-refractivity contribution in [3.63, 3.8) is 0 Å². The van der Waals surface area contributed by atoms with Gasteiger partial charge in [-0.3, -0.25) is 4.79 Å². The topological polar surface area (TPSA) is 26.3 Å². The Hall–Kier alpha value is -2.01. The fraction of sp³-hybridized carbons (Fsp3) is 0.421. The van der Waals surface area contributed by atoms with Gasteiger partial charge in [-0.2, -0.15) is 0 Å². The molecule has 2 nitrogen and oxygen atoms in total. The van der Waals surface area contributed by atoms with Crippen LogP contribution in [0.2, 0.25) is 0 Å². The maximum Gasteiger partial charge on any atom is 0.304 e. The minimum Gasteiger partial charge on any atom is -0.446 e. The summed E-state index contributed by atoms with van der Waals surface area (Å²) in [6.45, 7) is 7.29. The van der Waals surface area contributed by atoms with Gasteiger partial charge in [-0.25, -0.2) is 0 Å². The second kappa shape index (κ2) is 6.18. The lowest BCUT2D eigenvalue weighted by Crippen LogP contribution is -2.32. The van der Waals surface area contributed by atoms with Gasteiger partial charge >= 0.3 is 5.97 Å². The van der Waals surface area contributed by atoms with Crippen LogP contribution in [0.25, 0.3) is 6.08 Å². The summed E-state index contributed by atoms with van der Waals surface area (Å²) in [4.78, 5) is 11.3. The smallest absolute Gasteiger partial charge is 0.304 e. The van der Waals surface area contributed by atoms with Crippen LogP contribution in [-0.2, 0) is 9.53 Å². The van der Waals surface area contributed by atoms with E-state index in [0.29, 0.717) is 5.92 Å². The fourth-order valence-electron chi connectivity index (χ4n) is 2.97. The predicted octanol–water partition coefficient (Wildman–Crippen LogP) is 4.07. The van der Waals surface area contributed by atoms with Crippen molar-refractivity contribution in [2.24, 2.45) is 11.8 Å². The van der Waals surface area contributed by atoms with E-state index in [0.717, 1.165) is 6.42 Å². The maximum absolute atomic E-state index is 11.3. The largest absolute Gasteiger partial charge is 0.446 e. The third-order valence-corrected chi connectivity index (χ3v) is 4.01. The van der Waals surface area contributed by atoms with Crippen LogP contribution < -0.4 is 0 Å². The van der Waals surface area contributed by atoms with Gasteiger partial charge in [-0.1, -0.05) is 47.9 Å². The van der Waals surface area contributed by atoms with Crippen LogP contribution in [0.15, 0.2) is 35.9 Å². The molecule has 2 heteroatoms. The molecule has 0 saturated heterocycles. The molecule has 1 unspecified atom stereocenters. The number of carbonyl (C=O) groups is 1. The Balaban J connectivity index is 2.13. The average Bonchev–Trinajstić information content (AvgIpc) is 3.20. The number of hydrogen-bond donors (Lipinski definition) is 0. The molecule has 3 atom stereocenters. The third kappa shape index (κ3) is 3.76. The van der Waals surface area contributed by atoms with Crippen molar-refractivity contribution in [2.45, 2.75) is 39.7 Å². The highest BCUT2D eigenvalue weighted by atomic mass is 16.6. The number of rotatable bonds is 4. The van der Waals surface area contributed by atoms with E-state index in [1.165, 1.54) is 18.1 Å². The summed E-state index contributed by atoms with van der Waals surface area (Å²) < 4.78 is 5.49. The van der Waals surface area contributed by atoms with Crippen molar-refractivity contribution in [3.05, 3.63) is 41.5 Å². The average molecular weight is 282 g/mol. The Morgan fingerprint density at radius 1 is 1.33 bits per heavy atom. The Morgan fingerprint density at radius 3 is 2.57 bits per heavy atom. The van der Waals surface area contributed by atoms with Crippen molar-refractivity contribution in [1.29, 1.82) is 0 Å². The number of benzene rings is 1. The highest BCUT2D eigenvalue weighted by Crippen LogP contribution is 2.52. The van der Waals surface area contributed by atoms with Crippen LogP contribution in [0, 0.1) is 23.7 Å². The zero-order chi connectivity index (χ0) is 15.5. The molecular formula is C19H22O2. The number of hydrogen-bond acceptors (Lipinski definition) is 2. The molecule has 1 aromatic carbocycles. The first kappa shape index (κ1) is 15.4. The van der Waals surface area contributed by atoms with E-state index in [4.69, 9.17) is 4.74 Å². The normalized spacial score (nSPS) is 23.5. The molecular weight excluding hydrogens is 260 g/mol. The molecule has 1 fully saturated rings. The molecule has 2 rings (SSSR count). The van der Waals surface area contributed by atoms with E-state index >= 15 is 0 Å². The lowest BCUT2D eigenvalue weighted by atomic mass is 9.96. The maximum atomic E-state index is 11.3. The summed E-state index contributed by atoms with van der Waals surface area (Å²) in [7, 11) is 0. The van der Waals surface area contributed by atoms with Crippen LogP contribution >= 0.6 is 0 Å². The second-order valence-corrected chi connectivity index (χ2v) is 5.82. The zero-order valence-electron chi connectivity index (χ0n) is 13.1. The highest BCUT2D eigenvalue weighted by Gasteiger charge is 2.52. The van der Waals surface area contributed by atoms with E-state index in [9.17, 15) is 4.79 Å². The molecule has 1 saturated carbocycles. The number of allylic oxidation sites excluding steroid dienone is 1. The molecule has 110 valence electrons. The number of ether oxygens (including phenoxy) is 1. The Labute approximate surface area is 127 Å². The summed E-state index contributed by atoms with van der Waals surface area (Å²) >= 11 is 0. The molecule has 0 bridgehead atoms. The van der Waals surface area contributed by atoms with Gasteiger partial charge in [0.2, 0.25) is 0 Å². The van der Waals surface area contributed by atoms with Crippen molar-refractivity contribution in [1.82, 2.24) is 0 Å². The monoisotopic (exact) mass is 282 g/mol. The van der Waals surface area contributed by atoms with E-state index in [1.807, 2.05) is 25.1 Å². The van der Waals surface area contributed by atoms with Crippen molar-refractivity contribution < 1.29 is 9.53 Å². The molecule has 0 radical (unpaired) electrons. The van der Waals surface area contributed by atoms with Gasteiger partial charge in [0.1, 0.15) is 0 Å². The summed E-state index contributed by atoms with van der Waals surface area (Å²) in [5.41, 5.74) is 1.86. The highest BCUT2D eigenvalue weighted by molar-refractivity contribution is 5.67. The van der Waals surface area contributed by atoms with Gasteiger partial charge in [0.15, 0.2) is 5.60 Å². The molecule has 0 amide bonds. The fourth-order valence-corrected chi connectivity index (χ4v) is 2.97. The van der Waals surface area contributed by atoms with Gasteiger partial charge < -0.3 is 4.74 Å². The molecule has 1 aliphatic carbocycles. The summed E-state index contributed by atoms with van der Waals surface area (Å²) in [6, 6.07) is 10.3. The lowest BCUT2D eigenvalue weighted by Gasteiger charge is -2.24. The molecule has 0 spiro atoms. The summed E-state index contributed by atoms with van der Waals surface area (Å²) in [5, 5.41) is 0. The molecule has 1 aliphatic rings. The second-order valence-electron chi connectivity index (χ2n) is 5.82. The first-order chi connectivity index (χ1) is 9.96. The molecule has 0 aliphatic heterocycles. The molecule has 21 heavy (non-hydrogen) atoms. The van der Waals surface area contributed by atoms with Gasteiger partial charge in [0.25, 0.3) is 0 Å². The third-order valence-electron chi connectivity index (χ3n) is 4.01. The van der Waals surface area contributed by atoms with Crippen LogP contribution in [0.1, 0.15) is 39.7 Å². The van der Waals surface area contributed by atoms with Crippen molar-refractivity contribution >= 4 is 12.0 Å². The minimum absolute atomic E-state index is 0.268. The van der Waals surface area contributed by atoms with Gasteiger partial charge in [0, 0.05) is 12.8 Å². The van der Waals surface area contributed by atoms with Crippen molar-refractivity contribution in [3.8, 4) is 11.8 Å². The molecule has 0 N–H and O–H groups in total. The SMILES string of the molecule is CC#CC(C)(OC(C)=O)[C@@H]1C[C@H]1/C(C)=C/c1ccccc1. The van der Waals surface area contributed by atoms with Gasteiger partial charge in [-0.15, -0.1) is 5.92 Å². The van der Waals surface area contributed by atoms with Crippen LogP contribution in [0.3, 0.4) is 0 Å². The predicted molar refractivity (Wildman–Crippen MR) is 85.3 cm³/mol. The minimum atomic E-state index is -0.670. The van der Waals surface area contributed by atoms with Crippen LogP contribution in [0.4, 0.5) is 0 Å². The van der Waals surface area contributed by atoms with Crippen LogP contribution in [0.5, 0.6) is 0 Å². The number of esters is 1. The van der Waals surface area contributed by atoms with Gasteiger partial charge in [0.05, 0.1) is 0 Å². The summed E-state index contributed by atoms with van der Waals surface area (Å²) in [6.07, 6.45) is 3.23. The Bertz CT molecular complexity index is 603. The Kier molecular flexibility index (Phi) is 4.53. The number of carbonyl (C=O) groups excluding carboxylic acids is 1. The van der Waals surface area contributed by atoms with Crippen LogP contribution in [-0.4, -0.2) is 11.6 Å². The van der Waals surface area contributed by atoms with Gasteiger partial charge in [-0.05, 0) is 38.7 Å². The molecule has 0 heterocycles. The standard InChI is InChI=1S/C19H22O2/c1-5-11-19(4,21-15(3)20)18-13-17(18)14(2)12-16-9-7-6-8-10-16/h6-10,12,17-18H,13H2,1-4H3/b14-12+/t17-,18+,19?/m0/s1. The quantitative estimate of drug-likeness (QED) is 0.614. The Morgan fingerprint density at radius 2 is 2.00 bits per heavy atom. The zero-order valence-corrected chi connectivity index (χ0v) is 13.1. The molecule has 0 aromatic heterocycles. The van der Waals surface area contributed by atoms with E-state index in [1.54, 1.807) is 6.92 Å². The van der Waals surface area contributed by atoms with Crippen molar-refractivity contribution in [2.75, 3.05) is 0 Å². The first-order valence-electron chi connectivity index (χ1n) is 7.33.